The molecule has 0 aliphatic heterocycles. The first-order chi connectivity index (χ1) is 9.95. The Morgan fingerprint density at radius 3 is 1.57 bits per heavy atom. The van der Waals surface area contributed by atoms with Crippen molar-refractivity contribution in [1.29, 1.82) is 0 Å². The smallest absolute Gasteiger partial charge is 0.166 e. The number of benzene rings is 2. The molecule has 0 saturated heterocycles. The number of hydrogen-bond acceptors (Lipinski definition) is 0. The molecule has 0 spiro atoms. The highest BCUT2D eigenvalue weighted by Crippen LogP contribution is 2.28. The van der Waals surface area contributed by atoms with Gasteiger partial charge in [0.2, 0.25) is 0 Å². The molecule has 2 aromatic rings. The van der Waals surface area contributed by atoms with E-state index in [9.17, 15) is 13.2 Å². The maximum Gasteiger partial charge on any atom is 0.416 e. The number of rotatable bonds is 0. The van der Waals surface area contributed by atoms with Gasteiger partial charge in [0.1, 0.15) is 0 Å². The van der Waals surface area contributed by atoms with Crippen molar-refractivity contribution >= 4 is 0 Å². The van der Waals surface area contributed by atoms with E-state index in [0.717, 1.165) is 23.3 Å². The van der Waals surface area contributed by atoms with Gasteiger partial charge in [0.05, 0.1) is 5.56 Å². The molecular weight excluding hydrogens is 273 g/mol. The van der Waals surface area contributed by atoms with Crippen LogP contribution in [0.5, 0.6) is 0 Å². The van der Waals surface area contributed by atoms with Crippen molar-refractivity contribution in [2.24, 2.45) is 0 Å². The molecule has 0 atom stereocenters. The fraction of sp³-hybridized carbons (Fsp3) is 0.111. The summed E-state index contributed by atoms with van der Waals surface area (Å²) in [5.74, 6) is 10.9. The topological polar surface area (TPSA) is 0 Å². The minimum Gasteiger partial charge on any atom is -0.166 e. The van der Waals surface area contributed by atoms with E-state index in [-0.39, 0.29) is 0 Å². The van der Waals surface area contributed by atoms with Crippen molar-refractivity contribution in [2.75, 3.05) is 0 Å². The highest BCUT2D eigenvalue weighted by atomic mass is 19.4. The fourth-order valence-corrected chi connectivity index (χ4v) is 1.59. The molecule has 21 heavy (non-hydrogen) atoms. The molecule has 0 saturated carbocycles. The molecule has 0 aliphatic carbocycles. The van der Waals surface area contributed by atoms with Crippen molar-refractivity contribution in [3.8, 4) is 23.7 Å². The molecule has 0 aliphatic rings. The van der Waals surface area contributed by atoms with Gasteiger partial charge in [-0.15, -0.1) is 0 Å². The zero-order valence-electron chi connectivity index (χ0n) is 11.3. The summed E-state index contributed by atoms with van der Waals surface area (Å²) in [5, 5.41) is 0. The molecule has 0 amide bonds. The maximum atomic E-state index is 12.4. The van der Waals surface area contributed by atoms with E-state index < -0.39 is 11.7 Å². The third-order valence-electron chi connectivity index (χ3n) is 2.74. The summed E-state index contributed by atoms with van der Waals surface area (Å²) in [6.07, 6.45) is -4.32. The lowest BCUT2D eigenvalue weighted by Gasteiger charge is -2.05. The van der Waals surface area contributed by atoms with Gasteiger partial charge < -0.3 is 0 Å². The Bertz CT molecular complexity index is 728. The van der Waals surface area contributed by atoms with E-state index in [4.69, 9.17) is 0 Å². The van der Waals surface area contributed by atoms with Crippen molar-refractivity contribution < 1.29 is 13.2 Å². The van der Waals surface area contributed by atoms with Gasteiger partial charge in [-0.1, -0.05) is 29.5 Å². The first kappa shape index (κ1) is 14.8. The minimum absolute atomic E-state index is 0.501. The van der Waals surface area contributed by atoms with Gasteiger partial charge in [0.15, 0.2) is 0 Å². The van der Waals surface area contributed by atoms with E-state index in [0.29, 0.717) is 5.56 Å². The van der Waals surface area contributed by atoms with Gasteiger partial charge in [-0.2, -0.15) is 13.2 Å². The van der Waals surface area contributed by atoms with Crippen molar-refractivity contribution in [1.82, 2.24) is 0 Å². The first-order valence-electron chi connectivity index (χ1n) is 6.21. The van der Waals surface area contributed by atoms with Crippen LogP contribution in [0.1, 0.15) is 22.3 Å². The second-order valence-electron chi connectivity index (χ2n) is 4.44. The SMILES string of the molecule is Cc1ccc(C#CC#Cc2ccc(C(F)(F)F)cc2)cc1. The summed E-state index contributed by atoms with van der Waals surface area (Å²) < 4.78 is 37.2. The van der Waals surface area contributed by atoms with E-state index >= 15 is 0 Å². The highest BCUT2D eigenvalue weighted by molar-refractivity contribution is 5.45. The molecule has 0 radical (unpaired) electrons. The lowest BCUT2D eigenvalue weighted by molar-refractivity contribution is -0.137. The fourth-order valence-electron chi connectivity index (χ4n) is 1.59. The van der Waals surface area contributed by atoms with E-state index in [1.165, 1.54) is 12.1 Å². The lowest BCUT2D eigenvalue weighted by atomic mass is 10.1. The lowest BCUT2D eigenvalue weighted by Crippen LogP contribution is -2.03. The maximum absolute atomic E-state index is 12.4. The van der Waals surface area contributed by atoms with Crippen LogP contribution in [-0.4, -0.2) is 0 Å². The third-order valence-corrected chi connectivity index (χ3v) is 2.74. The largest absolute Gasteiger partial charge is 0.416 e. The van der Waals surface area contributed by atoms with Crippen molar-refractivity contribution in [3.63, 3.8) is 0 Å². The van der Waals surface area contributed by atoms with Crippen LogP contribution < -0.4 is 0 Å². The molecule has 0 N–H and O–H groups in total. The van der Waals surface area contributed by atoms with Crippen LogP contribution >= 0.6 is 0 Å². The van der Waals surface area contributed by atoms with Gasteiger partial charge in [-0.25, -0.2) is 0 Å². The van der Waals surface area contributed by atoms with Crippen molar-refractivity contribution in [3.05, 3.63) is 70.8 Å². The Labute approximate surface area is 121 Å². The third kappa shape index (κ3) is 4.44. The number of halogens is 3. The first-order valence-corrected chi connectivity index (χ1v) is 6.21. The summed E-state index contributed by atoms with van der Waals surface area (Å²) in [5.41, 5.74) is 1.82. The van der Waals surface area contributed by atoms with E-state index in [2.05, 4.69) is 23.7 Å². The summed E-state index contributed by atoms with van der Waals surface area (Å²) in [7, 11) is 0. The van der Waals surface area contributed by atoms with Crippen LogP contribution in [0.25, 0.3) is 0 Å². The van der Waals surface area contributed by atoms with Gasteiger partial charge >= 0.3 is 6.18 Å². The van der Waals surface area contributed by atoms with Crippen LogP contribution in [-0.2, 0) is 6.18 Å². The van der Waals surface area contributed by atoms with Crippen LogP contribution in [0.15, 0.2) is 48.5 Å². The van der Waals surface area contributed by atoms with Crippen molar-refractivity contribution in [2.45, 2.75) is 13.1 Å². The average Bonchev–Trinajstić information content (AvgIpc) is 2.45. The van der Waals surface area contributed by atoms with Gasteiger partial charge in [-0.3, -0.25) is 0 Å². The number of hydrogen-bond donors (Lipinski definition) is 0. The zero-order valence-corrected chi connectivity index (χ0v) is 11.3. The Morgan fingerprint density at radius 2 is 1.14 bits per heavy atom. The van der Waals surface area contributed by atoms with Crippen LogP contribution in [0.3, 0.4) is 0 Å². The molecule has 0 heterocycles. The standard InChI is InChI=1S/C18H11F3/c1-14-6-8-15(9-7-14)4-2-3-5-16-10-12-17(13-11-16)18(19,20)21/h6-13H,1H3. The van der Waals surface area contributed by atoms with Crippen LogP contribution in [0, 0.1) is 30.6 Å². The van der Waals surface area contributed by atoms with Gasteiger partial charge in [0.25, 0.3) is 0 Å². The Hall–Kier alpha value is -2.65. The van der Waals surface area contributed by atoms with E-state index in [1.54, 1.807) is 0 Å². The number of alkyl halides is 3. The minimum atomic E-state index is -4.32. The summed E-state index contributed by atoms with van der Waals surface area (Å²) >= 11 is 0. The molecule has 2 rings (SSSR count). The normalized spacial score (nSPS) is 10.1. The predicted molar refractivity (Wildman–Crippen MR) is 76.4 cm³/mol. The van der Waals surface area contributed by atoms with Crippen LogP contribution in [0.2, 0.25) is 0 Å². The molecule has 0 unspecified atom stereocenters. The molecule has 104 valence electrons. The Morgan fingerprint density at radius 1 is 0.714 bits per heavy atom. The predicted octanol–water partition coefficient (Wildman–Crippen LogP) is 4.42. The molecule has 0 aromatic heterocycles. The molecular formula is C18H11F3. The molecule has 0 bridgehead atoms. The van der Waals surface area contributed by atoms with Gasteiger partial charge in [-0.05, 0) is 55.2 Å². The number of aryl methyl sites for hydroxylation is 1. The molecule has 0 fully saturated rings. The molecule has 2 aromatic carbocycles. The van der Waals surface area contributed by atoms with Gasteiger partial charge in [0, 0.05) is 11.1 Å². The summed E-state index contributed by atoms with van der Waals surface area (Å²) in [6.45, 7) is 1.99. The monoisotopic (exact) mass is 284 g/mol. The quantitative estimate of drug-likeness (QED) is 0.628. The zero-order chi connectivity index (χ0) is 15.3. The van der Waals surface area contributed by atoms with Crippen LogP contribution in [0.4, 0.5) is 13.2 Å². The second kappa shape index (κ2) is 6.20. The molecule has 0 nitrogen and oxygen atoms in total. The van der Waals surface area contributed by atoms with E-state index in [1.807, 2.05) is 31.2 Å². The molecule has 3 heteroatoms. The second-order valence-corrected chi connectivity index (χ2v) is 4.44. The summed E-state index contributed by atoms with van der Waals surface area (Å²) in [6, 6.07) is 12.4. The Balaban J connectivity index is 2.08. The summed E-state index contributed by atoms with van der Waals surface area (Å²) in [4.78, 5) is 0. The average molecular weight is 284 g/mol. The highest BCUT2D eigenvalue weighted by Gasteiger charge is 2.29. The Kier molecular flexibility index (Phi) is 4.36.